The molecular formula is C18H27N7OS. The smallest absolute Gasteiger partial charge is 0.243 e. The van der Waals surface area contributed by atoms with Gasteiger partial charge in [0.1, 0.15) is 12.4 Å². The number of rotatable bonds is 6. The predicted octanol–water partition coefficient (Wildman–Crippen LogP) is 1.04. The van der Waals surface area contributed by atoms with Gasteiger partial charge in [-0.15, -0.1) is 11.3 Å². The molecule has 0 bridgehead atoms. The van der Waals surface area contributed by atoms with E-state index in [0.717, 1.165) is 37.5 Å². The summed E-state index contributed by atoms with van der Waals surface area (Å²) < 4.78 is 1.99. The minimum Gasteiger partial charge on any atom is -0.352 e. The maximum absolute atomic E-state index is 11.9. The molecule has 2 aromatic rings. The second kappa shape index (κ2) is 8.98. The molecular weight excluding hydrogens is 362 g/mol. The van der Waals surface area contributed by atoms with Crippen LogP contribution in [0, 0.1) is 0 Å². The molecule has 8 nitrogen and oxygen atoms in total. The molecule has 0 radical (unpaired) electrons. The lowest BCUT2D eigenvalue weighted by molar-refractivity contribution is -0.127. The number of aryl methyl sites for hydroxylation is 2. The molecule has 0 aromatic carbocycles. The number of carbonyl (C=O) groups is 1. The van der Waals surface area contributed by atoms with E-state index in [1.165, 1.54) is 4.88 Å². The van der Waals surface area contributed by atoms with Crippen molar-refractivity contribution in [2.24, 2.45) is 4.99 Å². The van der Waals surface area contributed by atoms with Crippen LogP contribution in [0.15, 0.2) is 22.5 Å². The van der Waals surface area contributed by atoms with Crippen molar-refractivity contribution >= 4 is 23.2 Å². The number of aliphatic imine (C=N–C) groups is 1. The number of guanidine groups is 1. The molecule has 146 valence electrons. The molecule has 0 saturated carbocycles. The molecule has 0 saturated heterocycles. The fourth-order valence-electron chi connectivity index (χ4n) is 2.85. The molecule has 1 amide bonds. The summed E-state index contributed by atoms with van der Waals surface area (Å²) in [5.74, 6) is 2.58. The average molecular weight is 390 g/mol. The Hall–Kier alpha value is -2.42. The first-order chi connectivity index (χ1) is 13.0. The molecule has 0 aliphatic carbocycles. The highest BCUT2D eigenvalue weighted by atomic mass is 32.1. The van der Waals surface area contributed by atoms with E-state index >= 15 is 0 Å². The van der Waals surface area contributed by atoms with E-state index in [9.17, 15) is 4.79 Å². The molecule has 1 atom stereocenters. The number of amides is 1. The van der Waals surface area contributed by atoms with Crippen molar-refractivity contribution in [2.45, 2.75) is 45.3 Å². The van der Waals surface area contributed by atoms with E-state index in [1.54, 1.807) is 30.3 Å². The SMILES string of the molecule is CCc1nc2n(n1)CC(NC(=NCC(=O)N(C)C)NCc1cccs1)CC2. The van der Waals surface area contributed by atoms with E-state index < -0.39 is 0 Å². The summed E-state index contributed by atoms with van der Waals surface area (Å²) in [7, 11) is 3.48. The number of carbonyl (C=O) groups excluding carboxylic acids is 1. The normalized spacial score (nSPS) is 16.7. The maximum atomic E-state index is 11.9. The molecule has 9 heteroatoms. The van der Waals surface area contributed by atoms with Crippen LogP contribution in [0.2, 0.25) is 0 Å². The Morgan fingerprint density at radius 3 is 3.04 bits per heavy atom. The molecule has 0 fully saturated rings. The number of nitrogens with zero attached hydrogens (tertiary/aromatic N) is 5. The molecule has 2 N–H and O–H groups in total. The number of hydrogen-bond donors (Lipinski definition) is 2. The lowest BCUT2D eigenvalue weighted by Gasteiger charge is -2.25. The fraction of sp³-hybridized carbons (Fsp3) is 0.556. The predicted molar refractivity (Wildman–Crippen MR) is 107 cm³/mol. The van der Waals surface area contributed by atoms with Crippen molar-refractivity contribution in [2.75, 3.05) is 20.6 Å². The third-order valence-electron chi connectivity index (χ3n) is 4.44. The Balaban J connectivity index is 1.64. The van der Waals surface area contributed by atoms with Crippen molar-refractivity contribution in [3.63, 3.8) is 0 Å². The molecule has 3 rings (SSSR count). The summed E-state index contributed by atoms with van der Waals surface area (Å²) in [6, 6.07) is 4.31. The molecule has 0 spiro atoms. The van der Waals surface area contributed by atoms with Crippen LogP contribution in [0.25, 0.3) is 0 Å². The lowest BCUT2D eigenvalue weighted by Crippen LogP contribution is -2.47. The van der Waals surface area contributed by atoms with Gasteiger partial charge in [0.05, 0.1) is 13.1 Å². The van der Waals surface area contributed by atoms with Gasteiger partial charge in [0.2, 0.25) is 5.91 Å². The summed E-state index contributed by atoms with van der Waals surface area (Å²) in [6.07, 6.45) is 2.70. The van der Waals surface area contributed by atoms with Gasteiger partial charge in [-0.2, -0.15) is 5.10 Å². The molecule has 27 heavy (non-hydrogen) atoms. The van der Waals surface area contributed by atoms with Gasteiger partial charge < -0.3 is 15.5 Å². The highest BCUT2D eigenvalue weighted by Gasteiger charge is 2.22. The Labute approximate surface area is 163 Å². The van der Waals surface area contributed by atoms with Gasteiger partial charge in [-0.3, -0.25) is 4.79 Å². The third-order valence-corrected chi connectivity index (χ3v) is 5.32. The Morgan fingerprint density at radius 1 is 1.48 bits per heavy atom. The maximum Gasteiger partial charge on any atom is 0.243 e. The van der Waals surface area contributed by atoms with Gasteiger partial charge in [-0.25, -0.2) is 14.7 Å². The van der Waals surface area contributed by atoms with Crippen molar-refractivity contribution < 1.29 is 4.79 Å². The number of hydrogen-bond acceptors (Lipinski definition) is 5. The average Bonchev–Trinajstić information content (AvgIpc) is 3.32. The Kier molecular flexibility index (Phi) is 6.44. The van der Waals surface area contributed by atoms with Crippen molar-refractivity contribution in [1.29, 1.82) is 0 Å². The Morgan fingerprint density at radius 2 is 2.33 bits per heavy atom. The van der Waals surface area contributed by atoms with Crippen molar-refractivity contribution in [3.8, 4) is 0 Å². The summed E-state index contributed by atoms with van der Waals surface area (Å²) in [4.78, 5) is 23.7. The van der Waals surface area contributed by atoms with Gasteiger partial charge in [0.15, 0.2) is 11.8 Å². The van der Waals surface area contributed by atoms with Crippen LogP contribution < -0.4 is 10.6 Å². The first kappa shape index (κ1) is 19.3. The standard InChI is InChI=1S/C18H27N7OS/c1-4-15-22-16-8-7-13(12-25(16)23-15)21-18(20-11-17(26)24(2)3)19-10-14-6-5-9-27-14/h5-6,9,13H,4,7-8,10-12H2,1-3H3,(H2,19,20,21). The monoisotopic (exact) mass is 389 g/mol. The van der Waals surface area contributed by atoms with Crippen LogP contribution in [0.4, 0.5) is 0 Å². The molecule has 2 aromatic heterocycles. The highest BCUT2D eigenvalue weighted by molar-refractivity contribution is 7.09. The number of likely N-dealkylation sites (N-methyl/N-ethyl adjacent to an activating group) is 1. The summed E-state index contributed by atoms with van der Waals surface area (Å²) in [5.41, 5.74) is 0. The van der Waals surface area contributed by atoms with Gasteiger partial charge in [0.25, 0.3) is 0 Å². The minimum absolute atomic E-state index is 0.0259. The minimum atomic E-state index is -0.0259. The van der Waals surface area contributed by atoms with Crippen LogP contribution in [-0.4, -0.2) is 58.2 Å². The van der Waals surface area contributed by atoms with Crippen LogP contribution in [0.5, 0.6) is 0 Å². The third kappa shape index (κ3) is 5.29. The fourth-order valence-corrected chi connectivity index (χ4v) is 3.49. The van der Waals surface area contributed by atoms with E-state index in [2.05, 4.69) is 44.1 Å². The van der Waals surface area contributed by atoms with Gasteiger partial charge >= 0.3 is 0 Å². The second-order valence-corrected chi connectivity index (χ2v) is 7.78. The van der Waals surface area contributed by atoms with Gasteiger partial charge in [-0.1, -0.05) is 13.0 Å². The van der Waals surface area contributed by atoms with E-state index in [-0.39, 0.29) is 18.5 Å². The zero-order valence-corrected chi connectivity index (χ0v) is 16.9. The summed E-state index contributed by atoms with van der Waals surface area (Å²) in [5, 5.41) is 13.4. The first-order valence-corrected chi connectivity index (χ1v) is 10.1. The van der Waals surface area contributed by atoms with E-state index in [4.69, 9.17) is 0 Å². The van der Waals surface area contributed by atoms with E-state index in [1.807, 2.05) is 10.7 Å². The van der Waals surface area contributed by atoms with Gasteiger partial charge in [-0.05, 0) is 17.9 Å². The quantitative estimate of drug-likeness (QED) is 0.569. The topological polar surface area (TPSA) is 87.4 Å². The van der Waals surface area contributed by atoms with Crippen molar-refractivity contribution in [1.82, 2.24) is 30.3 Å². The zero-order chi connectivity index (χ0) is 19.2. The van der Waals surface area contributed by atoms with Crippen LogP contribution in [0.1, 0.15) is 29.9 Å². The summed E-state index contributed by atoms with van der Waals surface area (Å²) in [6.45, 7) is 3.62. The second-order valence-electron chi connectivity index (χ2n) is 6.75. The van der Waals surface area contributed by atoms with Crippen LogP contribution in [-0.2, 0) is 30.7 Å². The number of aromatic nitrogens is 3. The number of thiophene rings is 1. The molecule has 1 aliphatic heterocycles. The largest absolute Gasteiger partial charge is 0.352 e. The van der Waals surface area contributed by atoms with Gasteiger partial charge in [0, 0.05) is 37.9 Å². The number of nitrogens with one attached hydrogen (secondary N) is 2. The van der Waals surface area contributed by atoms with Crippen molar-refractivity contribution in [3.05, 3.63) is 34.0 Å². The first-order valence-electron chi connectivity index (χ1n) is 9.25. The molecule has 1 aliphatic rings. The Bertz CT molecular complexity index is 782. The summed E-state index contributed by atoms with van der Waals surface area (Å²) >= 11 is 1.69. The molecule has 3 heterocycles. The van der Waals surface area contributed by atoms with Crippen LogP contribution in [0.3, 0.4) is 0 Å². The lowest BCUT2D eigenvalue weighted by atomic mass is 10.1. The highest BCUT2D eigenvalue weighted by Crippen LogP contribution is 2.13. The molecule has 1 unspecified atom stereocenters. The zero-order valence-electron chi connectivity index (χ0n) is 16.1. The van der Waals surface area contributed by atoms with E-state index in [0.29, 0.717) is 12.5 Å². The van der Waals surface area contributed by atoms with Crippen LogP contribution >= 0.6 is 11.3 Å². The number of fused-ring (bicyclic) bond motifs is 1.